The molecule has 0 radical (unpaired) electrons. The van der Waals surface area contributed by atoms with E-state index in [0.717, 1.165) is 63.0 Å². The summed E-state index contributed by atoms with van der Waals surface area (Å²) in [4.78, 5) is 26.5. The number of allylic oxidation sites excluding steroid dienone is 1. The number of benzene rings is 2. The second-order valence-corrected chi connectivity index (χ2v) is 11.3. The molecule has 0 spiro atoms. The molecule has 0 saturated heterocycles. The number of para-hydroxylation sites is 1. The van der Waals surface area contributed by atoms with Gasteiger partial charge in [0, 0.05) is 69.3 Å². The lowest BCUT2D eigenvalue weighted by Gasteiger charge is -2.19. The Kier molecular flexibility index (Phi) is 12.0. The molecule has 6 nitrogen and oxygen atoms in total. The van der Waals surface area contributed by atoms with Crippen molar-refractivity contribution >= 4 is 35.0 Å². The molecule has 0 atom stereocenters. The van der Waals surface area contributed by atoms with Crippen molar-refractivity contribution in [3.8, 4) is 0 Å². The summed E-state index contributed by atoms with van der Waals surface area (Å²) in [6, 6.07) is 17.1. The van der Waals surface area contributed by atoms with E-state index < -0.39 is 0 Å². The molecular weight excluding hydrogens is 496 g/mol. The van der Waals surface area contributed by atoms with Gasteiger partial charge >= 0.3 is 0 Å². The maximum Gasteiger partial charge on any atom is 0.221 e. The van der Waals surface area contributed by atoms with Gasteiger partial charge in [0.05, 0.1) is 5.41 Å². The summed E-state index contributed by atoms with van der Waals surface area (Å²) in [6.45, 7) is 11.8. The molecule has 6 heteroatoms. The number of unbranched alkanes of at least 4 members (excludes halogenated alkanes) is 2. The van der Waals surface area contributed by atoms with E-state index in [1.54, 1.807) is 0 Å². The Hall–Kier alpha value is -3.41. The first kappa shape index (κ1) is 31.1. The van der Waals surface area contributed by atoms with Gasteiger partial charge in [0.15, 0.2) is 5.71 Å². The quantitative estimate of drug-likeness (QED) is 0.195. The molecule has 2 aromatic rings. The molecule has 1 aliphatic heterocycles. The fourth-order valence-electron chi connectivity index (χ4n) is 5.18. The number of anilines is 1. The number of nitrogens with one attached hydrogen (secondary N) is 2. The predicted octanol–water partition coefficient (Wildman–Crippen LogP) is 6.22. The molecule has 0 unspecified atom stereocenters. The van der Waals surface area contributed by atoms with Gasteiger partial charge in [-0.2, -0.15) is 4.58 Å². The van der Waals surface area contributed by atoms with Crippen molar-refractivity contribution in [1.82, 2.24) is 10.6 Å². The Bertz CT molecular complexity index is 1180. The van der Waals surface area contributed by atoms with Crippen LogP contribution in [-0.2, 0) is 15.0 Å². The molecule has 0 fully saturated rings. The van der Waals surface area contributed by atoms with Crippen LogP contribution in [0.25, 0.3) is 6.08 Å². The molecule has 0 bridgehead atoms. The van der Waals surface area contributed by atoms with Crippen LogP contribution in [0, 0.1) is 0 Å². The van der Waals surface area contributed by atoms with Crippen LogP contribution in [-0.4, -0.2) is 55.3 Å². The van der Waals surface area contributed by atoms with Crippen LogP contribution in [0.4, 0.5) is 11.4 Å². The van der Waals surface area contributed by atoms with Crippen LogP contribution in [0.3, 0.4) is 0 Å². The minimum atomic E-state index is -0.131. The SMILES string of the molecule is CCCCNC(=O)CCC[N+]1=C(/C=C/c2ccc(N(C)CCC(=O)NCCCC)cc2)C(C)(C)c2ccccc21. The topological polar surface area (TPSA) is 64.5 Å². The minimum absolute atomic E-state index is 0.110. The Morgan fingerprint density at radius 3 is 2.12 bits per heavy atom. The van der Waals surface area contributed by atoms with Gasteiger partial charge in [-0.05, 0) is 50.5 Å². The molecule has 1 aliphatic rings. The van der Waals surface area contributed by atoms with Crippen molar-refractivity contribution in [2.45, 2.75) is 78.1 Å². The summed E-state index contributed by atoms with van der Waals surface area (Å²) in [7, 11) is 2.03. The largest absolute Gasteiger partial charge is 0.374 e. The number of rotatable bonds is 16. The average Bonchev–Trinajstić information content (AvgIpc) is 3.16. The van der Waals surface area contributed by atoms with Gasteiger partial charge < -0.3 is 15.5 Å². The highest BCUT2D eigenvalue weighted by molar-refractivity contribution is 6.05. The highest BCUT2D eigenvalue weighted by Gasteiger charge is 2.43. The van der Waals surface area contributed by atoms with Crippen LogP contribution >= 0.6 is 0 Å². The summed E-state index contributed by atoms with van der Waals surface area (Å²) >= 11 is 0. The maximum atomic E-state index is 12.3. The van der Waals surface area contributed by atoms with Crippen LogP contribution in [0.5, 0.6) is 0 Å². The zero-order valence-corrected chi connectivity index (χ0v) is 25.3. The molecule has 40 heavy (non-hydrogen) atoms. The van der Waals surface area contributed by atoms with Crippen LogP contribution < -0.4 is 15.5 Å². The number of hydrogen-bond donors (Lipinski definition) is 2. The number of fused-ring (bicyclic) bond motifs is 1. The molecule has 2 aromatic carbocycles. The first-order valence-corrected chi connectivity index (χ1v) is 15.0. The van der Waals surface area contributed by atoms with E-state index in [4.69, 9.17) is 0 Å². The van der Waals surface area contributed by atoms with Gasteiger partial charge in [-0.1, -0.05) is 57.0 Å². The lowest BCUT2D eigenvalue weighted by atomic mass is 9.81. The van der Waals surface area contributed by atoms with Gasteiger partial charge in [-0.3, -0.25) is 9.59 Å². The Morgan fingerprint density at radius 2 is 1.48 bits per heavy atom. The molecule has 0 saturated carbocycles. The monoisotopic (exact) mass is 545 g/mol. The first-order valence-electron chi connectivity index (χ1n) is 15.0. The van der Waals surface area contributed by atoms with Gasteiger partial charge in [0.1, 0.15) is 6.54 Å². The number of nitrogens with zero attached hydrogens (tertiary/aromatic N) is 2. The van der Waals surface area contributed by atoms with Crippen molar-refractivity contribution in [2.24, 2.45) is 0 Å². The zero-order valence-electron chi connectivity index (χ0n) is 25.3. The maximum absolute atomic E-state index is 12.3. The summed E-state index contributed by atoms with van der Waals surface area (Å²) < 4.78 is 2.39. The van der Waals surface area contributed by atoms with E-state index in [1.165, 1.54) is 17.0 Å². The van der Waals surface area contributed by atoms with Crippen LogP contribution in [0.15, 0.2) is 54.6 Å². The normalized spacial score (nSPS) is 13.9. The molecule has 0 aromatic heterocycles. The smallest absolute Gasteiger partial charge is 0.221 e. The molecule has 2 N–H and O–H groups in total. The summed E-state index contributed by atoms with van der Waals surface area (Å²) in [5, 5.41) is 6.02. The molecule has 3 rings (SSSR count). The van der Waals surface area contributed by atoms with E-state index >= 15 is 0 Å². The predicted molar refractivity (Wildman–Crippen MR) is 168 cm³/mol. The lowest BCUT2D eigenvalue weighted by Crippen LogP contribution is -2.29. The van der Waals surface area contributed by atoms with Crippen molar-refractivity contribution < 1.29 is 14.2 Å². The van der Waals surface area contributed by atoms with Crippen LogP contribution in [0.2, 0.25) is 0 Å². The van der Waals surface area contributed by atoms with Gasteiger partial charge in [-0.15, -0.1) is 0 Å². The lowest BCUT2D eigenvalue weighted by molar-refractivity contribution is -0.438. The first-order chi connectivity index (χ1) is 19.3. The Labute approximate surface area is 241 Å². The molecule has 0 aliphatic carbocycles. The van der Waals surface area contributed by atoms with Gasteiger partial charge in [0.25, 0.3) is 0 Å². The third-order valence-corrected chi connectivity index (χ3v) is 7.73. The fourth-order valence-corrected chi connectivity index (χ4v) is 5.18. The highest BCUT2D eigenvalue weighted by Crippen LogP contribution is 2.40. The Balaban J connectivity index is 1.67. The van der Waals surface area contributed by atoms with E-state index in [-0.39, 0.29) is 17.2 Å². The Morgan fingerprint density at radius 1 is 0.850 bits per heavy atom. The molecular formula is C34H49N4O2+. The van der Waals surface area contributed by atoms with E-state index in [9.17, 15) is 9.59 Å². The van der Waals surface area contributed by atoms with Crippen molar-refractivity contribution in [2.75, 3.05) is 38.1 Å². The van der Waals surface area contributed by atoms with Crippen molar-refractivity contribution in [1.29, 1.82) is 0 Å². The highest BCUT2D eigenvalue weighted by atomic mass is 16.2. The summed E-state index contributed by atoms with van der Waals surface area (Å²) in [5.74, 6) is 0.248. The standard InChI is InChI=1S/C34H48N4O2/c1-6-8-23-35-32(39)15-12-25-38-30-14-11-10-13-29(30)34(3,4)31(38)21-18-27-16-19-28(20-17-27)37(5)26-22-33(40)36-24-9-7-2/h10-11,13-14,16-21H,6-9,12,15,22-26H2,1-5H3,(H-,35,36,39,40)/p+1. The average molecular weight is 546 g/mol. The van der Waals surface area contributed by atoms with E-state index in [1.807, 2.05) is 7.05 Å². The van der Waals surface area contributed by atoms with E-state index in [0.29, 0.717) is 19.4 Å². The van der Waals surface area contributed by atoms with Crippen LogP contribution in [0.1, 0.15) is 83.8 Å². The summed E-state index contributed by atoms with van der Waals surface area (Å²) in [6.07, 6.45) is 10.5. The zero-order chi connectivity index (χ0) is 29.0. The van der Waals surface area contributed by atoms with Gasteiger partial charge in [-0.25, -0.2) is 0 Å². The van der Waals surface area contributed by atoms with Crippen molar-refractivity contribution in [3.63, 3.8) is 0 Å². The number of carbonyl (C=O) groups is 2. The fraction of sp³-hybridized carbons (Fsp3) is 0.500. The second-order valence-electron chi connectivity index (χ2n) is 11.3. The third kappa shape index (κ3) is 8.54. The van der Waals surface area contributed by atoms with Crippen molar-refractivity contribution in [3.05, 3.63) is 65.7 Å². The molecule has 2 amide bonds. The molecule has 1 heterocycles. The minimum Gasteiger partial charge on any atom is -0.374 e. The summed E-state index contributed by atoms with van der Waals surface area (Å²) in [5.41, 5.74) is 5.89. The number of carbonyl (C=O) groups excluding carboxylic acids is 2. The van der Waals surface area contributed by atoms with Gasteiger partial charge in [0.2, 0.25) is 17.5 Å². The molecule has 216 valence electrons. The van der Waals surface area contributed by atoms with E-state index in [2.05, 4.69) is 108 Å². The third-order valence-electron chi connectivity index (χ3n) is 7.73. The number of hydrogen-bond acceptors (Lipinski definition) is 3. The second kappa shape index (κ2) is 15.4. The number of amides is 2.